The molecule has 106 valence electrons. The lowest BCUT2D eigenvalue weighted by Gasteiger charge is -2.21. The van der Waals surface area contributed by atoms with E-state index in [0.29, 0.717) is 11.7 Å². The maximum absolute atomic E-state index is 11.8. The molecule has 0 saturated carbocycles. The third kappa shape index (κ3) is 5.97. The SMILES string of the molecule is Cl.Nc1ccc(CC(=O)NCC2CSCCS2)cc1. The van der Waals surface area contributed by atoms with E-state index in [1.54, 1.807) is 0 Å². The number of thioether (sulfide) groups is 2. The zero-order valence-corrected chi connectivity index (χ0v) is 13.1. The monoisotopic (exact) mass is 318 g/mol. The van der Waals surface area contributed by atoms with Crippen LogP contribution in [0.15, 0.2) is 24.3 Å². The number of hydrogen-bond acceptors (Lipinski definition) is 4. The highest BCUT2D eigenvalue weighted by Gasteiger charge is 2.15. The molecule has 0 aromatic heterocycles. The summed E-state index contributed by atoms with van der Waals surface area (Å²) in [4.78, 5) is 11.8. The van der Waals surface area contributed by atoms with Crippen LogP contribution in [0.4, 0.5) is 5.69 Å². The molecule has 1 unspecified atom stereocenters. The van der Waals surface area contributed by atoms with Gasteiger partial charge in [-0.1, -0.05) is 12.1 Å². The van der Waals surface area contributed by atoms with Crippen LogP contribution in [0.25, 0.3) is 0 Å². The Bertz CT molecular complexity index is 394. The van der Waals surface area contributed by atoms with Crippen LogP contribution in [0, 0.1) is 0 Å². The third-order valence-electron chi connectivity index (χ3n) is 2.76. The van der Waals surface area contributed by atoms with Crippen molar-refractivity contribution in [3.63, 3.8) is 0 Å². The van der Waals surface area contributed by atoms with E-state index in [-0.39, 0.29) is 18.3 Å². The fourth-order valence-electron chi connectivity index (χ4n) is 1.77. The average Bonchev–Trinajstić information content (AvgIpc) is 2.40. The topological polar surface area (TPSA) is 55.1 Å². The van der Waals surface area contributed by atoms with Crippen LogP contribution in [-0.4, -0.2) is 35.0 Å². The lowest BCUT2D eigenvalue weighted by atomic mass is 10.1. The van der Waals surface area contributed by atoms with Crippen molar-refractivity contribution in [2.45, 2.75) is 11.7 Å². The molecular weight excluding hydrogens is 300 g/mol. The zero-order chi connectivity index (χ0) is 12.8. The van der Waals surface area contributed by atoms with Crippen LogP contribution >= 0.6 is 35.9 Å². The number of halogens is 1. The van der Waals surface area contributed by atoms with Crippen molar-refractivity contribution in [2.75, 3.05) is 29.5 Å². The van der Waals surface area contributed by atoms with Crippen LogP contribution in [0.2, 0.25) is 0 Å². The van der Waals surface area contributed by atoms with Gasteiger partial charge in [0.15, 0.2) is 0 Å². The van der Waals surface area contributed by atoms with E-state index >= 15 is 0 Å². The molecule has 1 atom stereocenters. The van der Waals surface area contributed by atoms with E-state index in [2.05, 4.69) is 5.32 Å². The molecule has 1 aliphatic rings. The summed E-state index contributed by atoms with van der Waals surface area (Å²) >= 11 is 3.94. The Morgan fingerprint density at radius 2 is 2.05 bits per heavy atom. The van der Waals surface area contributed by atoms with Gasteiger partial charge in [-0.2, -0.15) is 23.5 Å². The van der Waals surface area contributed by atoms with Gasteiger partial charge in [-0.3, -0.25) is 4.79 Å². The number of nitrogens with one attached hydrogen (secondary N) is 1. The summed E-state index contributed by atoms with van der Waals surface area (Å²) in [5, 5.41) is 3.58. The summed E-state index contributed by atoms with van der Waals surface area (Å²) in [6, 6.07) is 7.47. The number of amides is 1. The van der Waals surface area contributed by atoms with Gasteiger partial charge in [-0.25, -0.2) is 0 Å². The number of rotatable bonds is 4. The predicted octanol–water partition coefficient (Wildman–Crippen LogP) is 2.20. The maximum Gasteiger partial charge on any atom is 0.224 e. The number of anilines is 1. The normalized spacial score (nSPS) is 18.4. The molecule has 0 bridgehead atoms. The van der Waals surface area contributed by atoms with Gasteiger partial charge < -0.3 is 11.1 Å². The average molecular weight is 319 g/mol. The standard InChI is InChI=1S/C13H18N2OS2.ClH/c14-11-3-1-10(2-4-11)7-13(16)15-8-12-9-17-5-6-18-12;/h1-4,12H,5-9,14H2,(H,15,16);1H. The highest BCUT2D eigenvalue weighted by Crippen LogP contribution is 2.23. The summed E-state index contributed by atoms with van der Waals surface area (Å²) in [5.74, 6) is 3.67. The zero-order valence-electron chi connectivity index (χ0n) is 10.6. The molecule has 1 aromatic carbocycles. The van der Waals surface area contributed by atoms with E-state index in [4.69, 9.17) is 5.73 Å². The fraction of sp³-hybridized carbons (Fsp3) is 0.462. The molecule has 1 amide bonds. The molecule has 1 heterocycles. The Hall–Kier alpha value is -0.520. The van der Waals surface area contributed by atoms with E-state index in [1.165, 1.54) is 11.5 Å². The number of hydrogen-bond donors (Lipinski definition) is 2. The van der Waals surface area contributed by atoms with Crippen LogP contribution in [0.1, 0.15) is 5.56 Å². The van der Waals surface area contributed by atoms with E-state index in [0.717, 1.165) is 23.5 Å². The van der Waals surface area contributed by atoms with Gasteiger partial charge in [0.1, 0.15) is 0 Å². The second-order valence-corrected chi connectivity index (χ2v) is 6.85. The maximum atomic E-state index is 11.8. The molecule has 1 aliphatic heterocycles. The summed E-state index contributed by atoms with van der Waals surface area (Å²) in [5.41, 5.74) is 7.35. The van der Waals surface area contributed by atoms with Crippen LogP contribution in [0.3, 0.4) is 0 Å². The number of carbonyl (C=O) groups is 1. The molecule has 1 aromatic rings. The molecule has 0 spiro atoms. The molecule has 0 aliphatic carbocycles. The minimum absolute atomic E-state index is 0. The number of carbonyl (C=O) groups excluding carboxylic acids is 1. The van der Waals surface area contributed by atoms with Gasteiger partial charge in [-0.05, 0) is 17.7 Å². The first kappa shape index (κ1) is 16.5. The van der Waals surface area contributed by atoms with Crippen molar-refractivity contribution in [3.05, 3.63) is 29.8 Å². The summed E-state index contributed by atoms with van der Waals surface area (Å²) in [6.45, 7) is 0.783. The molecule has 3 N–H and O–H groups in total. The number of nitrogen functional groups attached to an aromatic ring is 1. The van der Waals surface area contributed by atoms with Crippen molar-refractivity contribution in [3.8, 4) is 0 Å². The Labute approximate surface area is 128 Å². The van der Waals surface area contributed by atoms with Gasteiger partial charge in [-0.15, -0.1) is 12.4 Å². The minimum Gasteiger partial charge on any atom is -0.399 e. The second-order valence-electron chi connectivity index (χ2n) is 4.29. The van der Waals surface area contributed by atoms with Gasteiger partial charge in [0, 0.05) is 34.7 Å². The molecule has 1 fully saturated rings. The first-order chi connectivity index (χ1) is 8.74. The van der Waals surface area contributed by atoms with Gasteiger partial charge in [0.05, 0.1) is 6.42 Å². The van der Waals surface area contributed by atoms with E-state index in [9.17, 15) is 4.79 Å². The number of benzene rings is 1. The molecule has 3 nitrogen and oxygen atoms in total. The van der Waals surface area contributed by atoms with Crippen LogP contribution in [0.5, 0.6) is 0 Å². The lowest BCUT2D eigenvalue weighted by Crippen LogP contribution is -2.34. The largest absolute Gasteiger partial charge is 0.399 e. The Balaban J connectivity index is 0.00000180. The van der Waals surface area contributed by atoms with E-state index in [1.807, 2.05) is 47.8 Å². The Morgan fingerprint density at radius 3 is 2.68 bits per heavy atom. The number of nitrogens with two attached hydrogens (primary N) is 1. The first-order valence-electron chi connectivity index (χ1n) is 6.04. The van der Waals surface area contributed by atoms with Crippen molar-refractivity contribution in [1.29, 1.82) is 0 Å². The molecule has 1 saturated heterocycles. The van der Waals surface area contributed by atoms with Crippen LogP contribution < -0.4 is 11.1 Å². The molecule has 0 radical (unpaired) electrons. The fourth-order valence-corrected chi connectivity index (χ4v) is 4.38. The Morgan fingerprint density at radius 1 is 1.32 bits per heavy atom. The molecule has 19 heavy (non-hydrogen) atoms. The molecule has 6 heteroatoms. The second kappa shape index (κ2) is 8.61. The third-order valence-corrected chi connectivity index (χ3v) is 5.60. The predicted molar refractivity (Wildman–Crippen MR) is 88.4 cm³/mol. The van der Waals surface area contributed by atoms with Crippen LogP contribution in [-0.2, 0) is 11.2 Å². The van der Waals surface area contributed by atoms with E-state index < -0.39 is 0 Å². The highest BCUT2D eigenvalue weighted by molar-refractivity contribution is 8.06. The highest BCUT2D eigenvalue weighted by atomic mass is 35.5. The minimum atomic E-state index is 0. The van der Waals surface area contributed by atoms with Gasteiger partial charge in [0.2, 0.25) is 5.91 Å². The van der Waals surface area contributed by atoms with Crippen molar-refractivity contribution in [2.24, 2.45) is 0 Å². The lowest BCUT2D eigenvalue weighted by molar-refractivity contribution is -0.120. The van der Waals surface area contributed by atoms with Crippen molar-refractivity contribution in [1.82, 2.24) is 5.32 Å². The summed E-state index contributed by atoms with van der Waals surface area (Å²) < 4.78 is 0. The quantitative estimate of drug-likeness (QED) is 0.836. The summed E-state index contributed by atoms with van der Waals surface area (Å²) in [6.07, 6.45) is 0.435. The van der Waals surface area contributed by atoms with Crippen molar-refractivity contribution >= 4 is 47.5 Å². The smallest absolute Gasteiger partial charge is 0.224 e. The molecule has 2 rings (SSSR count). The van der Waals surface area contributed by atoms with Gasteiger partial charge in [0.25, 0.3) is 0 Å². The van der Waals surface area contributed by atoms with Gasteiger partial charge >= 0.3 is 0 Å². The van der Waals surface area contributed by atoms with Crippen molar-refractivity contribution < 1.29 is 4.79 Å². The Kier molecular flexibility index (Phi) is 7.49. The molecular formula is C13H19ClN2OS2. The summed E-state index contributed by atoms with van der Waals surface area (Å²) in [7, 11) is 0. The first-order valence-corrected chi connectivity index (χ1v) is 8.25.